The van der Waals surface area contributed by atoms with Crippen LogP contribution in [0, 0.1) is 12.7 Å². The molecule has 136 valence electrons. The number of carboxylic acids is 1. The first-order chi connectivity index (χ1) is 12.9. The molecule has 5 nitrogen and oxygen atoms in total. The van der Waals surface area contributed by atoms with Gasteiger partial charge >= 0.3 is 5.97 Å². The van der Waals surface area contributed by atoms with Gasteiger partial charge < -0.3 is 15.2 Å². The van der Waals surface area contributed by atoms with Crippen LogP contribution in [0.1, 0.15) is 22.5 Å². The Morgan fingerprint density at radius 3 is 2.81 bits per heavy atom. The number of halogens is 1. The van der Waals surface area contributed by atoms with Crippen LogP contribution in [-0.4, -0.2) is 20.5 Å². The highest BCUT2D eigenvalue weighted by Crippen LogP contribution is 2.27. The fourth-order valence-electron chi connectivity index (χ4n) is 3.53. The maximum atomic E-state index is 13.4. The van der Waals surface area contributed by atoms with Crippen molar-refractivity contribution < 1.29 is 14.3 Å². The van der Waals surface area contributed by atoms with Crippen LogP contribution in [0.5, 0.6) is 0 Å². The number of aliphatic carboxylic acids is 1. The number of nitrogen functional groups attached to an aromatic ring is 1. The third-order valence-corrected chi connectivity index (χ3v) is 4.84. The Hall–Kier alpha value is -3.41. The molecule has 4 rings (SSSR count). The number of fused-ring (bicyclic) bond motifs is 2. The molecule has 3 N–H and O–H groups in total. The summed E-state index contributed by atoms with van der Waals surface area (Å²) in [5, 5.41) is 10.0. The second kappa shape index (κ2) is 6.39. The summed E-state index contributed by atoms with van der Waals surface area (Å²) in [6.07, 6.45) is 2.27. The number of pyridine rings is 2. The summed E-state index contributed by atoms with van der Waals surface area (Å²) in [4.78, 5) is 15.9. The number of carboxylic acid groups (broad SMARTS) is 1. The Bertz CT molecular complexity index is 1200. The molecule has 0 unspecified atom stereocenters. The summed E-state index contributed by atoms with van der Waals surface area (Å²) in [6.45, 7) is 1.92. The zero-order valence-electron chi connectivity index (χ0n) is 14.7. The molecule has 0 fully saturated rings. The van der Waals surface area contributed by atoms with Gasteiger partial charge in [-0.1, -0.05) is 6.07 Å². The number of nitrogens with zero attached hydrogens (tertiary/aromatic N) is 2. The predicted molar refractivity (Wildman–Crippen MR) is 102 cm³/mol. The van der Waals surface area contributed by atoms with Crippen LogP contribution < -0.4 is 5.73 Å². The van der Waals surface area contributed by atoms with Gasteiger partial charge in [0.15, 0.2) is 0 Å². The monoisotopic (exact) mass is 363 g/mol. The van der Waals surface area contributed by atoms with Crippen LogP contribution in [-0.2, 0) is 17.6 Å². The molecule has 3 heterocycles. The van der Waals surface area contributed by atoms with Crippen molar-refractivity contribution >= 4 is 28.1 Å². The topological polar surface area (TPSA) is 80.6 Å². The van der Waals surface area contributed by atoms with Crippen molar-refractivity contribution in [3.05, 3.63) is 77.0 Å². The van der Waals surface area contributed by atoms with E-state index in [0.29, 0.717) is 12.1 Å². The molecular weight excluding hydrogens is 345 g/mol. The Morgan fingerprint density at radius 1 is 1.22 bits per heavy atom. The molecule has 0 aliphatic heterocycles. The number of rotatable bonds is 4. The lowest BCUT2D eigenvalue weighted by Crippen LogP contribution is -2.01. The maximum Gasteiger partial charge on any atom is 0.307 e. The minimum atomic E-state index is -0.875. The van der Waals surface area contributed by atoms with E-state index in [2.05, 4.69) is 4.98 Å². The minimum Gasteiger partial charge on any atom is -0.481 e. The Balaban J connectivity index is 1.83. The van der Waals surface area contributed by atoms with Crippen LogP contribution >= 0.6 is 0 Å². The lowest BCUT2D eigenvalue weighted by atomic mass is 10.0. The van der Waals surface area contributed by atoms with E-state index in [1.54, 1.807) is 18.3 Å². The molecule has 0 bridgehead atoms. The molecule has 0 saturated carbocycles. The van der Waals surface area contributed by atoms with Crippen molar-refractivity contribution in [3.63, 3.8) is 0 Å². The van der Waals surface area contributed by atoms with Gasteiger partial charge in [-0.2, -0.15) is 0 Å². The standard InChI is InChI=1S/C21H18FN3O2/c1-12-17(10-21(26)27)19-7-4-15(23)11-25(19)20(12)9-16-5-2-13-8-14(22)3-6-18(13)24-16/h2-8,11H,9-10,23H2,1H3,(H,26,27). The molecule has 1 aromatic carbocycles. The maximum absolute atomic E-state index is 13.4. The fourth-order valence-corrected chi connectivity index (χ4v) is 3.53. The normalized spacial score (nSPS) is 11.3. The SMILES string of the molecule is Cc1c(CC(=O)O)c2ccc(N)cn2c1Cc1ccc2cc(F)ccc2n1. The van der Waals surface area contributed by atoms with Gasteiger partial charge in [0.05, 0.1) is 11.9 Å². The van der Waals surface area contributed by atoms with Crippen molar-refractivity contribution in [1.29, 1.82) is 0 Å². The summed E-state index contributed by atoms with van der Waals surface area (Å²) in [7, 11) is 0. The summed E-state index contributed by atoms with van der Waals surface area (Å²) < 4.78 is 15.3. The van der Waals surface area contributed by atoms with Gasteiger partial charge in [-0.05, 0) is 54.4 Å². The molecular formula is C21H18FN3O2. The molecule has 0 aliphatic carbocycles. The first-order valence-electron chi connectivity index (χ1n) is 8.57. The van der Waals surface area contributed by atoms with E-state index >= 15 is 0 Å². The van der Waals surface area contributed by atoms with E-state index in [4.69, 9.17) is 5.73 Å². The first-order valence-corrected chi connectivity index (χ1v) is 8.57. The minimum absolute atomic E-state index is 0.0519. The Kier molecular flexibility index (Phi) is 4.03. The molecule has 0 aliphatic rings. The first kappa shape index (κ1) is 17.0. The number of benzene rings is 1. The summed E-state index contributed by atoms with van der Waals surface area (Å²) in [6, 6.07) is 11.8. The number of hydrogen-bond acceptors (Lipinski definition) is 3. The van der Waals surface area contributed by atoms with Crippen LogP contribution in [0.3, 0.4) is 0 Å². The number of anilines is 1. The number of carbonyl (C=O) groups is 1. The molecule has 27 heavy (non-hydrogen) atoms. The average Bonchev–Trinajstić information content (AvgIpc) is 2.86. The van der Waals surface area contributed by atoms with E-state index in [-0.39, 0.29) is 12.2 Å². The third kappa shape index (κ3) is 3.10. The van der Waals surface area contributed by atoms with Crippen molar-refractivity contribution in [2.45, 2.75) is 19.8 Å². The highest BCUT2D eigenvalue weighted by atomic mass is 19.1. The highest BCUT2D eigenvalue weighted by Gasteiger charge is 2.18. The Labute approximate surface area is 154 Å². The largest absolute Gasteiger partial charge is 0.481 e. The van der Waals surface area contributed by atoms with Gasteiger partial charge in [0.2, 0.25) is 0 Å². The summed E-state index contributed by atoms with van der Waals surface area (Å²) in [5.74, 6) is -1.17. The lowest BCUT2D eigenvalue weighted by molar-refractivity contribution is -0.136. The Morgan fingerprint density at radius 2 is 2.04 bits per heavy atom. The molecule has 3 aromatic heterocycles. The zero-order chi connectivity index (χ0) is 19.1. The molecule has 0 radical (unpaired) electrons. The van der Waals surface area contributed by atoms with E-state index in [9.17, 15) is 14.3 Å². The second-order valence-electron chi connectivity index (χ2n) is 6.65. The highest BCUT2D eigenvalue weighted by molar-refractivity contribution is 5.79. The van der Waals surface area contributed by atoms with Crippen molar-refractivity contribution in [2.75, 3.05) is 5.73 Å². The van der Waals surface area contributed by atoms with Gasteiger partial charge in [-0.25, -0.2) is 4.39 Å². The van der Waals surface area contributed by atoms with Crippen LogP contribution in [0.15, 0.2) is 48.7 Å². The van der Waals surface area contributed by atoms with E-state index < -0.39 is 5.97 Å². The van der Waals surface area contributed by atoms with Gasteiger partial charge in [0.1, 0.15) is 5.82 Å². The lowest BCUT2D eigenvalue weighted by Gasteiger charge is -2.07. The number of nitrogens with two attached hydrogens (primary N) is 1. The van der Waals surface area contributed by atoms with Crippen LogP contribution in [0.4, 0.5) is 10.1 Å². The van der Waals surface area contributed by atoms with Crippen molar-refractivity contribution in [1.82, 2.24) is 9.38 Å². The van der Waals surface area contributed by atoms with Crippen LogP contribution in [0.25, 0.3) is 16.4 Å². The van der Waals surface area contributed by atoms with E-state index in [1.165, 1.54) is 12.1 Å². The van der Waals surface area contributed by atoms with Crippen LogP contribution in [0.2, 0.25) is 0 Å². The second-order valence-corrected chi connectivity index (χ2v) is 6.65. The predicted octanol–water partition coefficient (Wildman–Crippen LogP) is 3.74. The quantitative estimate of drug-likeness (QED) is 0.579. The third-order valence-electron chi connectivity index (χ3n) is 4.84. The van der Waals surface area contributed by atoms with Gasteiger partial charge in [0.25, 0.3) is 0 Å². The van der Waals surface area contributed by atoms with Gasteiger partial charge in [-0.15, -0.1) is 0 Å². The molecule has 6 heteroatoms. The van der Waals surface area contributed by atoms with E-state index in [1.807, 2.05) is 29.5 Å². The van der Waals surface area contributed by atoms with Crippen molar-refractivity contribution in [2.24, 2.45) is 0 Å². The fraction of sp³-hybridized carbons (Fsp3) is 0.143. The molecule has 0 spiro atoms. The zero-order valence-corrected chi connectivity index (χ0v) is 14.7. The van der Waals surface area contributed by atoms with Crippen molar-refractivity contribution in [3.8, 4) is 0 Å². The van der Waals surface area contributed by atoms with Gasteiger partial charge in [-0.3, -0.25) is 9.78 Å². The number of hydrogen-bond donors (Lipinski definition) is 2. The summed E-state index contributed by atoms with van der Waals surface area (Å²) in [5.41, 5.74) is 11.6. The molecule has 0 saturated heterocycles. The smallest absolute Gasteiger partial charge is 0.307 e. The summed E-state index contributed by atoms with van der Waals surface area (Å²) >= 11 is 0. The van der Waals surface area contributed by atoms with E-state index in [0.717, 1.165) is 38.9 Å². The molecule has 0 amide bonds. The molecule has 0 atom stereocenters. The number of aromatic nitrogens is 2. The average molecular weight is 363 g/mol. The molecule has 4 aromatic rings. The van der Waals surface area contributed by atoms with Gasteiger partial charge in [0, 0.05) is 40.6 Å².